The third-order valence-electron chi connectivity index (χ3n) is 6.14. The van der Waals surface area contributed by atoms with Crippen LogP contribution in [0.5, 0.6) is 5.75 Å². The van der Waals surface area contributed by atoms with Crippen LogP contribution in [0.3, 0.4) is 0 Å². The van der Waals surface area contributed by atoms with Crippen molar-refractivity contribution < 1.29 is 23.8 Å². The average Bonchev–Trinajstić information content (AvgIpc) is 3.10. The Balaban J connectivity index is 1.51. The molecule has 1 aliphatic carbocycles. The summed E-state index contributed by atoms with van der Waals surface area (Å²) in [6, 6.07) is 4.12. The second kappa shape index (κ2) is 6.45. The van der Waals surface area contributed by atoms with E-state index in [1.54, 1.807) is 17.0 Å². The molecule has 1 saturated carbocycles. The highest BCUT2D eigenvalue weighted by molar-refractivity contribution is 5.81. The fraction of sp³-hybridized carbons (Fsp3) is 0.579. The minimum absolute atomic E-state index is 0.0212. The standard InChI is InChI=1S/C19H23FN2O4/c20-14-6-1-5-13-15(7-3-9-26-16(13)14)21-18(25)22-10-12-4-2-8-19(12,11-22)17(23)24/h1,5-6,12,15H,2-4,7-11H2,(H,21,25)(H,23,24)/t12-,15?,19+/m0/s1. The van der Waals surface area contributed by atoms with Crippen LogP contribution in [0.15, 0.2) is 18.2 Å². The minimum atomic E-state index is -0.800. The van der Waals surface area contributed by atoms with Gasteiger partial charge in [-0.15, -0.1) is 0 Å². The van der Waals surface area contributed by atoms with Gasteiger partial charge >= 0.3 is 12.0 Å². The fourth-order valence-electron chi connectivity index (χ4n) is 4.75. The minimum Gasteiger partial charge on any atom is -0.490 e. The topological polar surface area (TPSA) is 78.9 Å². The lowest BCUT2D eigenvalue weighted by Gasteiger charge is -2.25. The smallest absolute Gasteiger partial charge is 0.317 e. The van der Waals surface area contributed by atoms with Gasteiger partial charge in [0.25, 0.3) is 0 Å². The Labute approximate surface area is 151 Å². The molecular weight excluding hydrogens is 339 g/mol. The Bertz CT molecular complexity index is 740. The molecule has 3 aliphatic rings. The van der Waals surface area contributed by atoms with Crippen molar-refractivity contribution in [2.75, 3.05) is 19.7 Å². The molecule has 0 radical (unpaired) electrons. The van der Waals surface area contributed by atoms with Crippen LogP contribution < -0.4 is 10.1 Å². The van der Waals surface area contributed by atoms with Crippen LogP contribution in [0.4, 0.5) is 9.18 Å². The predicted molar refractivity (Wildman–Crippen MR) is 91.4 cm³/mol. The summed E-state index contributed by atoms with van der Waals surface area (Å²) in [4.78, 5) is 26.2. The number of urea groups is 1. The second-order valence-electron chi connectivity index (χ2n) is 7.58. The lowest BCUT2D eigenvalue weighted by atomic mass is 9.81. The van der Waals surface area contributed by atoms with Gasteiger partial charge in [0.05, 0.1) is 18.1 Å². The Morgan fingerprint density at radius 2 is 2.15 bits per heavy atom. The van der Waals surface area contributed by atoms with E-state index in [-0.39, 0.29) is 30.3 Å². The van der Waals surface area contributed by atoms with Crippen molar-refractivity contribution in [3.63, 3.8) is 0 Å². The van der Waals surface area contributed by atoms with Crippen molar-refractivity contribution >= 4 is 12.0 Å². The summed E-state index contributed by atoms with van der Waals surface area (Å²) in [6.07, 6.45) is 3.74. The number of fused-ring (bicyclic) bond motifs is 2. The van der Waals surface area contributed by atoms with E-state index >= 15 is 0 Å². The molecule has 140 valence electrons. The lowest BCUT2D eigenvalue weighted by molar-refractivity contribution is -0.149. The Morgan fingerprint density at radius 1 is 1.31 bits per heavy atom. The third kappa shape index (κ3) is 2.70. The van der Waals surface area contributed by atoms with E-state index in [9.17, 15) is 19.1 Å². The number of hydrogen-bond donors (Lipinski definition) is 2. The molecule has 1 unspecified atom stereocenters. The van der Waals surface area contributed by atoms with Gasteiger partial charge in [0.1, 0.15) is 0 Å². The summed E-state index contributed by atoms with van der Waals surface area (Å²) in [6.45, 7) is 1.13. The number of carboxylic acids is 1. The highest BCUT2D eigenvalue weighted by Gasteiger charge is 2.55. The molecule has 2 N–H and O–H groups in total. The number of halogens is 1. The zero-order valence-corrected chi connectivity index (χ0v) is 14.5. The van der Waals surface area contributed by atoms with Gasteiger partial charge in [-0.3, -0.25) is 4.79 Å². The van der Waals surface area contributed by atoms with Crippen LogP contribution in [0.2, 0.25) is 0 Å². The molecule has 2 fully saturated rings. The summed E-state index contributed by atoms with van der Waals surface area (Å²) in [5.41, 5.74) is -0.156. The normalized spacial score (nSPS) is 30.1. The lowest BCUT2D eigenvalue weighted by Crippen LogP contribution is -2.42. The number of ether oxygens (including phenoxy) is 1. The number of amides is 2. The first-order chi connectivity index (χ1) is 12.5. The average molecular weight is 362 g/mol. The van der Waals surface area contributed by atoms with Crippen LogP contribution in [0, 0.1) is 17.2 Å². The van der Waals surface area contributed by atoms with Crippen molar-refractivity contribution in [1.29, 1.82) is 0 Å². The van der Waals surface area contributed by atoms with Gasteiger partial charge in [-0.25, -0.2) is 9.18 Å². The van der Waals surface area contributed by atoms with Crippen molar-refractivity contribution in [2.24, 2.45) is 11.3 Å². The number of nitrogens with one attached hydrogen (secondary N) is 1. The largest absolute Gasteiger partial charge is 0.490 e. The van der Waals surface area contributed by atoms with Crippen LogP contribution in [0.25, 0.3) is 0 Å². The first-order valence-corrected chi connectivity index (χ1v) is 9.21. The highest BCUT2D eigenvalue weighted by atomic mass is 19.1. The van der Waals surface area contributed by atoms with E-state index in [0.717, 1.165) is 12.8 Å². The zero-order chi connectivity index (χ0) is 18.3. The third-order valence-corrected chi connectivity index (χ3v) is 6.14. The highest BCUT2D eigenvalue weighted by Crippen LogP contribution is 2.49. The molecular formula is C19H23FN2O4. The number of benzene rings is 1. The quantitative estimate of drug-likeness (QED) is 0.848. The van der Waals surface area contributed by atoms with Crippen LogP contribution in [-0.2, 0) is 4.79 Å². The van der Waals surface area contributed by atoms with Gasteiger partial charge in [0.15, 0.2) is 11.6 Å². The maximum absolute atomic E-state index is 14.0. The number of para-hydroxylation sites is 1. The molecule has 1 saturated heterocycles. The zero-order valence-electron chi connectivity index (χ0n) is 14.5. The molecule has 6 nitrogen and oxygen atoms in total. The molecule has 0 bridgehead atoms. The molecule has 2 amide bonds. The number of likely N-dealkylation sites (tertiary alicyclic amines) is 1. The van der Waals surface area contributed by atoms with Gasteiger partial charge in [-0.2, -0.15) is 0 Å². The molecule has 0 aromatic heterocycles. The molecule has 0 spiro atoms. The number of carboxylic acid groups (broad SMARTS) is 1. The van der Waals surface area contributed by atoms with Crippen LogP contribution in [0.1, 0.15) is 43.7 Å². The number of carbonyl (C=O) groups is 2. The molecule has 26 heavy (non-hydrogen) atoms. The van der Waals surface area contributed by atoms with E-state index in [1.807, 2.05) is 0 Å². The SMILES string of the molecule is O=C(NC1CCCOc2c(F)cccc21)N1C[C@@H]2CCC[C@@]2(C(=O)O)C1. The van der Waals surface area contributed by atoms with Gasteiger partial charge in [0, 0.05) is 18.7 Å². The predicted octanol–water partition coefficient (Wildman–Crippen LogP) is 2.94. The Hall–Kier alpha value is -2.31. The molecule has 2 heterocycles. The summed E-state index contributed by atoms with van der Waals surface area (Å²) < 4.78 is 19.6. The fourth-order valence-corrected chi connectivity index (χ4v) is 4.75. The second-order valence-corrected chi connectivity index (χ2v) is 7.58. The van der Waals surface area contributed by atoms with Gasteiger partial charge in [0.2, 0.25) is 0 Å². The van der Waals surface area contributed by atoms with E-state index < -0.39 is 17.2 Å². The number of carbonyl (C=O) groups excluding carboxylic acids is 1. The Kier molecular flexibility index (Phi) is 4.25. The Morgan fingerprint density at radius 3 is 2.92 bits per heavy atom. The first kappa shape index (κ1) is 17.1. The maximum Gasteiger partial charge on any atom is 0.317 e. The molecule has 2 aliphatic heterocycles. The van der Waals surface area contributed by atoms with Crippen molar-refractivity contribution in [3.8, 4) is 5.75 Å². The molecule has 7 heteroatoms. The van der Waals surface area contributed by atoms with Crippen molar-refractivity contribution in [3.05, 3.63) is 29.6 Å². The first-order valence-electron chi connectivity index (χ1n) is 9.21. The monoisotopic (exact) mass is 362 g/mol. The van der Waals surface area contributed by atoms with Gasteiger partial charge < -0.3 is 20.1 Å². The number of rotatable bonds is 2. The molecule has 3 atom stereocenters. The number of hydrogen-bond acceptors (Lipinski definition) is 3. The number of nitrogens with zero attached hydrogens (tertiary/aromatic N) is 1. The number of aliphatic carboxylic acids is 1. The van der Waals surface area contributed by atoms with Crippen LogP contribution >= 0.6 is 0 Å². The van der Waals surface area contributed by atoms with Crippen molar-refractivity contribution in [2.45, 2.75) is 38.1 Å². The van der Waals surface area contributed by atoms with E-state index in [4.69, 9.17) is 4.74 Å². The summed E-state index contributed by atoms with van der Waals surface area (Å²) >= 11 is 0. The molecule has 1 aromatic rings. The van der Waals surface area contributed by atoms with E-state index in [0.29, 0.717) is 38.0 Å². The van der Waals surface area contributed by atoms with Gasteiger partial charge in [-0.05, 0) is 37.7 Å². The van der Waals surface area contributed by atoms with Gasteiger partial charge in [-0.1, -0.05) is 18.6 Å². The van der Waals surface area contributed by atoms with Crippen molar-refractivity contribution in [1.82, 2.24) is 10.2 Å². The maximum atomic E-state index is 14.0. The van der Waals surface area contributed by atoms with E-state index in [2.05, 4.69) is 5.32 Å². The van der Waals surface area contributed by atoms with E-state index in [1.165, 1.54) is 6.07 Å². The molecule has 1 aromatic carbocycles. The van der Waals surface area contributed by atoms with Crippen LogP contribution in [-0.4, -0.2) is 41.7 Å². The summed E-state index contributed by atoms with van der Waals surface area (Å²) in [5.74, 6) is -1.00. The summed E-state index contributed by atoms with van der Waals surface area (Å²) in [5, 5.41) is 12.7. The summed E-state index contributed by atoms with van der Waals surface area (Å²) in [7, 11) is 0. The molecule has 4 rings (SSSR count).